The van der Waals surface area contributed by atoms with Crippen LogP contribution in [0, 0.1) is 6.92 Å². The molecule has 0 bridgehead atoms. The molecule has 80 valence electrons. The van der Waals surface area contributed by atoms with Gasteiger partial charge in [-0.15, -0.1) is 0 Å². The molecule has 0 unspecified atom stereocenters. The molecule has 0 fully saturated rings. The van der Waals surface area contributed by atoms with E-state index >= 15 is 0 Å². The number of aromatic nitrogens is 1. The van der Waals surface area contributed by atoms with Crippen molar-refractivity contribution < 1.29 is 0 Å². The second-order valence-electron chi connectivity index (χ2n) is 3.93. The van der Waals surface area contributed by atoms with Crippen molar-refractivity contribution in [2.75, 3.05) is 7.05 Å². The lowest BCUT2D eigenvalue weighted by atomic mass is 10.2. The van der Waals surface area contributed by atoms with Gasteiger partial charge in [0, 0.05) is 31.0 Å². The zero-order valence-corrected chi connectivity index (χ0v) is 10.0. The van der Waals surface area contributed by atoms with Gasteiger partial charge in [0.25, 0.3) is 0 Å². The Hall–Kier alpha value is -0.760. The maximum Gasteiger partial charge on any atom is 0.0387 e. The van der Waals surface area contributed by atoms with Gasteiger partial charge in [-0.05, 0) is 32.5 Å². The van der Waals surface area contributed by atoms with Crippen molar-refractivity contribution >= 4 is 0 Å². The van der Waals surface area contributed by atoms with E-state index in [0.29, 0.717) is 6.04 Å². The Kier molecular flexibility index (Phi) is 3.76. The van der Waals surface area contributed by atoms with Crippen LogP contribution in [-0.4, -0.2) is 22.6 Å². The van der Waals surface area contributed by atoms with E-state index in [-0.39, 0.29) is 0 Å². The average molecular weight is 194 g/mol. The standard InChI is InChI=1S/C10H16N2.C2H6/c1-8-4-10-7-11(3)9(2)6-12(10)5-8;1-2/h4-5,9H,6-7H2,1-3H3;1-2H3/t9-;/m0./s1. The van der Waals surface area contributed by atoms with Crippen molar-refractivity contribution in [1.82, 2.24) is 9.47 Å². The minimum absolute atomic E-state index is 0.671. The fourth-order valence-corrected chi connectivity index (χ4v) is 1.85. The molecule has 1 aliphatic heterocycles. The van der Waals surface area contributed by atoms with Crippen LogP contribution in [0.3, 0.4) is 0 Å². The Morgan fingerprint density at radius 3 is 2.64 bits per heavy atom. The third kappa shape index (κ3) is 2.18. The molecule has 0 saturated carbocycles. The number of hydrogen-bond acceptors (Lipinski definition) is 1. The highest BCUT2D eigenvalue weighted by Crippen LogP contribution is 2.17. The molecule has 1 aliphatic rings. The summed E-state index contributed by atoms with van der Waals surface area (Å²) in [5.41, 5.74) is 2.83. The molecule has 0 N–H and O–H groups in total. The molecule has 2 nitrogen and oxygen atoms in total. The Balaban J connectivity index is 0.000000461. The maximum atomic E-state index is 2.40. The highest BCUT2D eigenvalue weighted by Gasteiger charge is 2.18. The lowest BCUT2D eigenvalue weighted by Crippen LogP contribution is -2.37. The van der Waals surface area contributed by atoms with Crippen LogP contribution < -0.4 is 0 Å². The van der Waals surface area contributed by atoms with Gasteiger partial charge in [0.2, 0.25) is 0 Å². The van der Waals surface area contributed by atoms with Crippen LogP contribution >= 0.6 is 0 Å². The van der Waals surface area contributed by atoms with Crippen LogP contribution in [0.5, 0.6) is 0 Å². The average Bonchev–Trinajstić information content (AvgIpc) is 2.49. The second-order valence-corrected chi connectivity index (χ2v) is 3.93. The molecule has 0 saturated heterocycles. The van der Waals surface area contributed by atoms with Crippen molar-refractivity contribution in [3.05, 3.63) is 23.5 Å². The van der Waals surface area contributed by atoms with Crippen LogP contribution in [0.1, 0.15) is 32.0 Å². The van der Waals surface area contributed by atoms with Crippen LogP contribution in [0.15, 0.2) is 12.3 Å². The Bertz CT molecular complexity index is 261. The third-order valence-corrected chi connectivity index (χ3v) is 2.75. The molecule has 0 amide bonds. The lowest BCUT2D eigenvalue weighted by molar-refractivity contribution is 0.192. The molecule has 2 heteroatoms. The number of rotatable bonds is 0. The smallest absolute Gasteiger partial charge is 0.0387 e. The molecule has 1 aromatic rings. The second kappa shape index (κ2) is 4.65. The minimum atomic E-state index is 0.671. The van der Waals surface area contributed by atoms with Crippen molar-refractivity contribution in [3.8, 4) is 0 Å². The van der Waals surface area contributed by atoms with E-state index in [1.807, 2.05) is 13.8 Å². The largest absolute Gasteiger partial charge is 0.348 e. The summed E-state index contributed by atoms with van der Waals surface area (Å²) in [5, 5.41) is 0. The molecule has 1 atom stereocenters. The molecule has 0 aromatic carbocycles. The van der Waals surface area contributed by atoms with Crippen molar-refractivity contribution in [3.63, 3.8) is 0 Å². The predicted octanol–water partition coefficient (Wildman–Crippen LogP) is 2.66. The molecular formula is C12H22N2. The van der Waals surface area contributed by atoms with Gasteiger partial charge in [-0.2, -0.15) is 0 Å². The summed E-state index contributed by atoms with van der Waals surface area (Å²) in [5.74, 6) is 0. The molecule has 1 aromatic heterocycles. The summed E-state index contributed by atoms with van der Waals surface area (Å²) in [4.78, 5) is 2.40. The first-order valence-electron chi connectivity index (χ1n) is 5.52. The molecule has 2 rings (SSSR count). The summed E-state index contributed by atoms with van der Waals surface area (Å²) in [6.45, 7) is 10.7. The van der Waals surface area contributed by atoms with Crippen molar-refractivity contribution in [2.45, 2.75) is 46.8 Å². The van der Waals surface area contributed by atoms with Crippen LogP contribution in [0.25, 0.3) is 0 Å². The monoisotopic (exact) mass is 194 g/mol. The number of nitrogens with zero attached hydrogens (tertiary/aromatic N) is 2. The topological polar surface area (TPSA) is 8.17 Å². The minimum Gasteiger partial charge on any atom is -0.348 e. The van der Waals surface area contributed by atoms with E-state index in [9.17, 15) is 0 Å². The molecule has 0 spiro atoms. The lowest BCUT2D eigenvalue weighted by Gasteiger charge is -2.31. The van der Waals surface area contributed by atoms with Gasteiger partial charge in [-0.3, -0.25) is 4.90 Å². The molecule has 0 aliphatic carbocycles. The first-order chi connectivity index (χ1) is 6.66. The number of hydrogen-bond donors (Lipinski definition) is 0. The number of likely N-dealkylation sites (N-methyl/N-ethyl adjacent to an activating group) is 1. The summed E-state index contributed by atoms with van der Waals surface area (Å²) in [6.07, 6.45) is 2.25. The molecule has 2 heterocycles. The zero-order chi connectivity index (χ0) is 10.7. The quantitative estimate of drug-likeness (QED) is 0.616. The van der Waals surface area contributed by atoms with Gasteiger partial charge in [-0.1, -0.05) is 13.8 Å². The predicted molar refractivity (Wildman–Crippen MR) is 61.4 cm³/mol. The van der Waals surface area contributed by atoms with Gasteiger partial charge >= 0.3 is 0 Å². The first-order valence-corrected chi connectivity index (χ1v) is 5.52. The number of fused-ring (bicyclic) bond motifs is 1. The highest BCUT2D eigenvalue weighted by atomic mass is 15.2. The maximum absolute atomic E-state index is 2.40. The van der Waals surface area contributed by atoms with E-state index in [2.05, 4.69) is 42.6 Å². The van der Waals surface area contributed by atoms with Gasteiger partial charge in [-0.25, -0.2) is 0 Å². The Morgan fingerprint density at radius 1 is 1.36 bits per heavy atom. The fraction of sp³-hybridized carbons (Fsp3) is 0.667. The van der Waals surface area contributed by atoms with Gasteiger partial charge < -0.3 is 4.57 Å². The van der Waals surface area contributed by atoms with Gasteiger partial charge in [0.1, 0.15) is 0 Å². The normalized spacial score (nSPS) is 21.1. The van der Waals surface area contributed by atoms with Crippen LogP contribution in [0.2, 0.25) is 0 Å². The van der Waals surface area contributed by atoms with Crippen LogP contribution in [0.4, 0.5) is 0 Å². The summed E-state index contributed by atoms with van der Waals surface area (Å²) < 4.78 is 2.38. The summed E-state index contributed by atoms with van der Waals surface area (Å²) >= 11 is 0. The van der Waals surface area contributed by atoms with E-state index in [0.717, 1.165) is 13.1 Å². The van der Waals surface area contributed by atoms with Gasteiger partial charge in [0.15, 0.2) is 0 Å². The Morgan fingerprint density at radius 2 is 2.00 bits per heavy atom. The Labute approximate surface area is 87.5 Å². The number of aryl methyl sites for hydroxylation is 1. The summed E-state index contributed by atoms with van der Waals surface area (Å²) in [6, 6.07) is 2.95. The van der Waals surface area contributed by atoms with Crippen LogP contribution in [-0.2, 0) is 13.1 Å². The van der Waals surface area contributed by atoms with Crippen molar-refractivity contribution in [1.29, 1.82) is 0 Å². The van der Waals surface area contributed by atoms with E-state index in [1.165, 1.54) is 11.3 Å². The fourth-order valence-electron chi connectivity index (χ4n) is 1.85. The van der Waals surface area contributed by atoms with E-state index < -0.39 is 0 Å². The van der Waals surface area contributed by atoms with E-state index in [4.69, 9.17) is 0 Å². The zero-order valence-electron chi connectivity index (χ0n) is 10.0. The van der Waals surface area contributed by atoms with Gasteiger partial charge in [0.05, 0.1) is 0 Å². The van der Waals surface area contributed by atoms with E-state index in [1.54, 1.807) is 0 Å². The molecule has 14 heavy (non-hydrogen) atoms. The molecule has 0 radical (unpaired) electrons. The molecular weight excluding hydrogens is 172 g/mol. The highest BCUT2D eigenvalue weighted by molar-refractivity contribution is 5.18. The third-order valence-electron chi connectivity index (χ3n) is 2.75. The SMILES string of the molecule is CC.Cc1cc2n(c1)C[C@H](C)N(C)C2. The summed E-state index contributed by atoms with van der Waals surface area (Å²) in [7, 11) is 2.19. The van der Waals surface area contributed by atoms with Crippen molar-refractivity contribution in [2.24, 2.45) is 0 Å². The first kappa shape index (κ1) is 11.3.